The van der Waals surface area contributed by atoms with Gasteiger partial charge in [0, 0.05) is 24.2 Å². The SMILES string of the molecule is O=C(NCC(O)C(O)c1ccccc1-c1ccn[nH]1)OCC1c2ccccc2-c2ccccc21. The molecule has 1 aromatic heterocycles. The highest BCUT2D eigenvalue weighted by molar-refractivity contribution is 5.79. The van der Waals surface area contributed by atoms with Crippen molar-refractivity contribution in [3.63, 3.8) is 0 Å². The van der Waals surface area contributed by atoms with E-state index in [1.54, 1.807) is 24.4 Å². The molecule has 7 nitrogen and oxygen atoms in total. The Bertz CT molecular complexity index is 1240. The predicted octanol–water partition coefficient (Wildman–Crippen LogP) is 4.01. The number of aliphatic hydroxyl groups excluding tert-OH is 2. The van der Waals surface area contributed by atoms with Crippen LogP contribution in [0.3, 0.4) is 0 Å². The number of carbonyl (C=O) groups excluding carboxylic acids is 1. The zero-order chi connectivity index (χ0) is 23.5. The van der Waals surface area contributed by atoms with Gasteiger partial charge in [0.25, 0.3) is 0 Å². The van der Waals surface area contributed by atoms with Gasteiger partial charge < -0.3 is 20.3 Å². The fraction of sp³-hybridized carbons (Fsp3) is 0.185. The van der Waals surface area contributed by atoms with Gasteiger partial charge in [0.2, 0.25) is 0 Å². The van der Waals surface area contributed by atoms with E-state index in [9.17, 15) is 15.0 Å². The smallest absolute Gasteiger partial charge is 0.407 e. The van der Waals surface area contributed by atoms with Crippen LogP contribution in [0.15, 0.2) is 85.1 Å². The highest BCUT2D eigenvalue weighted by atomic mass is 16.5. The summed E-state index contributed by atoms with van der Waals surface area (Å²) in [4.78, 5) is 12.4. The number of aromatic amines is 1. The molecular formula is C27H25N3O4. The van der Waals surface area contributed by atoms with Crippen LogP contribution in [0, 0.1) is 0 Å². The maximum Gasteiger partial charge on any atom is 0.407 e. The van der Waals surface area contributed by atoms with Gasteiger partial charge in [-0.05, 0) is 33.9 Å². The second-order valence-corrected chi connectivity index (χ2v) is 8.28. The summed E-state index contributed by atoms with van der Waals surface area (Å²) in [7, 11) is 0. The van der Waals surface area contributed by atoms with Crippen LogP contribution >= 0.6 is 0 Å². The number of fused-ring (bicyclic) bond motifs is 3. The third kappa shape index (κ3) is 4.19. The minimum absolute atomic E-state index is 0.0463. The second kappa shape index (κ2) is 9.51. The number of hydrogen-bond acceptors (Lipinski definition) is 5. The summed E-state index contributed by atoms with van der Waals surface area (Å²) in [6, 6.07) is 25.2. The molecule has 0 saturated heterocycles. The normalized spacial score (nSPS) is 14.2. The summed E-state index contributed by atoms with van der Waals surface area (Å²) in [5, 5.41) is 30.6. The number of nitrogens with one attached hydrogen (secondary N) is 2. The molecule has 4 aromatic rings. The number of hydrogen-bond donors (Lipinski definition) is 4. The average Bonchev–Trinajstić information content (AvgIpc) is 3.52. The van der Waals surface area contributed by atoms with E-state index >= 15 is 0 Å². The van der Waals surface area contributed by atoms with E-state index < -0.39 is 18.3 Å². The highest BCUT2D eigenvalue weighted by Gasteiger charge is 2.29. The molecule has 34 heavy (non-hydrogen) atoms. The Morgan fingerprint density at radius 2 is 1.53 bits per heavy atom. The van der Waals surface area contributed by atoms with Gasteiger partial charge in [0.1, 0.15) is 18.8 Å². The van der Waals surface area contributed by atoms with Gasteiger partial charge in [-0.25, -0.2) is 4.79 Å². The molecule has 5 rings (SSSR count). The molecule has 172 valence electrons. The minimum atomic E-state index is -1.22. The first-order chi connectivity index (χ1) is 16.6. The zero-order valence-electron chi connectivity index (χ0n) is 18.4. The van der Waals surface area contributed by atoms with Gasteiger partial charge in [-0.2, -0.15) is 5.10 Å². The van der Waals surface area contributed by atoms with Crippen molar-refractivity contribution in [2.45, 2.75) is 18.1 Å². The maximum absolute atomic E-state index is 12.4. The molecule has 0 spiro atoms. The van der Waals surface area contributed by atoms with Crippen LogP contribution < -0.4 is 5.32 Å². The van der Waals surface area contributed by atoms with Gasteiger partial charge in [0.15, 0.2) is 0 Å². The first kappa shape index (κ1) is 21.9. The van der Waals surface area contributed by atoms with Crippen molar-refractivity contribution in [1.29, 1.82) is 0 Å². The largest absolute Gasteiger partial charge is 0.449 e. The van der Waals surface area contributed by atoms with Crippen LogP contribution in [0.1, 0.15) is 28.7 Å². The molecule has 7 heteroatoms. The van der Waals surface area contributed by atoms with E-state index in [1.165, 1.54) is 0 Å². The Balaban J connectivity index is 1.20. The number of amides is 1. The number of alkyl carbamates (subject to hydrolysis) is 1. The van der Waals surface area contributed by atoms with E-state index in [1.807, 2.05) is 36.4 Å². The predicted molar refractivity (Wildman–Crippen MR) is 128 cm³/mol. The van der Waals surface area contributed by atoms with E-state index in [-0.39, 0.29) is 19.1 Å². The van der Waals surface area contributed by atoms with Crippen molar-refractivity contribution >= 4 is 6.09 Å². The first-order valence-corrected chi connectivity index (χ1v) is 11.2. The number of ether oxygens (including phenoxy) is 1. The average molecular weight is 456 g/mol. The molecule has 1 amide bonds. The topological polar surface area (TPSA) is 107 Å². The number of carbonyl (C=O) groups is 1. The van der Waals surface area contributed by atoms with Gasteiger partial charge in [-0.3, -0.25) is 5.10 Å². The third-order valence-corrected chi connectivity index (χ3v) is 6.23. The Kier molecular flexibility index (Phi) is 6.12. The summed E-state index contributed by atoms with van der Waals surface area (Å²) < 4.78 is 5.50. The molecule has 4 N–H and O–H groups in total. The van der Waals surface area contributed by atoms with Gasteiger partial charge in [0.05, 0.1) is 5.69 Å². The summed E-state index contributed by atoms with van der Waals surface area (Å²) in [6.45, 7) is 0.0241. The second-order valence-electron chi connectivity index (χ2n) is 8.28. The number of aromatic nitrogens is 2. The van der Waals surface area contributed by atoms with Crippen LogP contribution in [0.4, 0.5) is 4.79 Å². The van der Waals surface area contributed by atoms with Gasteiger partial charge >= 0.3 is 6.09 Å². The maximum atomic E-state index is 12.4. The van der Waals surface area contributed by atoms with Crippen LogP contribution in [0.25, 0.3) is 22.4 Å². The molecule has 1 heterocycles. The Morgan fingerprint density at radius 3 is 2.18 bits per heavy atom. The molecule has 1 aliphatic rings. The Labute approximate surface area is 197 Å². The monoisotopic (exact) mass is 455 g/mol. The van der Waals surface area contributed by atoms with Crippen molar-refractivity contribution in [2.75, 3.05) is 13.2 Å². The Morgan fingerprint density at radius 1 is 0.912 bits per heavy atom. The molecule has 0 radical (unpaired) electrons. The fourth-order valence-electron chi connectivity index (χ4n) is 4.56. The standard InChI is InChI=1S/C27H25N3O4/c31-25(26(32)22-12-6-5-11-21(22)24-13-14-29-30-24)15-28-27(33)34-16-23-19-9-3-1-7-17(19)18-8-2-4-10-20(18)23/h1-14,23,25-26,31-32H,15-16H2,(H,28,33)(H,29,30). The van der Waals surface area contributed by atoms with Crippen molar-refractivity contribution < 1.29 is 19.7 Å². The number of rotatable bonds is 7. The van der Waals surface area contributed by atoms with Crippen LogP contribution in [-0.2, 0) is 4.74 Å². The lowest BCUT2D eigenvalue weighted by Crippen LogP contribution is -2.36. The van der Waals surface area contributed by atoms with E-state index in [4.69, 9.17) is 4.74 Å². The van der Waals surface area contributed by atoms with Crippen LogP contribution in [0.2, 0.25) is 0 Å². The number of H-pyrrole nitrogens is 1. The van der Waals surface area contributed by atoms with Crippen molar-refractivity contribution in [3.05, 3.63) is 102 Å². The molecule has 0 bridgehead atoms. The minimum Gasteiger partial charge on any atom is -0.449 e. The number of nitrogens with zero attached hydrogens (tertiary/aromatic N) is 1. The fourth-order valence-corrected chi connectivity index (χ4v) is 4.56. The lowest BCUT2D eigenvalue weighted by Gasteiger charge is -2.21. The van der Waals surface area contributed by atoms with Crippen LogP contribution in [0.5, 0.6) is 0 Å². The summed E-state index contributed by atoms with van der Waals surface area (Å²) in [5.41, 5.74) is 6.56. The van der Waals surface area contributed by atoms with E-state index in [0.29, 0.717) is 5.56 Å². The molecule has 1 aliphatic carbocycles. The van der Waals surface area contributed by atoms with Gasteiger partial charge in [-0.1, -0.05) is 72.8 Å². The summed E-state index contributed by atoms with van der Waals surface area (Å²) >= 11 is 0. The molecule has 0 saturated carbocycles. The molecule has 0 fully saturated rings. The van der Waals surface area contributed by atoms with Crippen LogP contribution in [-0.4, -0.2) is 45.8 Å². The molecule has 2 unspecified atom stereocenters. The summed E-state index contributed by atoms with van der Waals surface area (Å²) in [5.74, 6) is -0.0463. The lowest BCUT2D eigenvalue weighted by molar-refractivity contribution is 0.0188. The highest BCUT2D eigenvalue weighted by Crippen LogP contribution is 2.44. The lowest BCUT2D eigenvalue weighted by atomic mass is 9.96. The van der Waals surface area contributed by atoms with Crippen molar-refractivity contribution in [1.82, 2.24) is 15.5 Å². The first-order valence-electron chi connectivity index (χ1n) is 11.2. The Hall–Kier alpha value is -3.94. The number of aliphatic hydroxyl groups is 2. The quantitative estimate of drug-likeness (QED) is 0.337. The number of benzene rings is 3. The zero-order valence-corrected chi connectivity index (χ0v) is 18.4. The molecular weight excluding hydrogens is 430 g/mol. The van der Waals surface area contributed by atoms with Crippen molar-refractivity contribution in [2.24, 2.45) is 0 Å². The molecule has 2 atom stereocenters. The summed E-state index contributed by atoms with van der Waals surface area (Å²) in [6.07, 6.45) is -1.44. The van der Waals surface area contributed by atoms with Gasteiger partial charge in [-0.15, -0.1) is 0 Å². The third-order valence-electron chi connectivity index (χ3n) is 6.23. The molecule has 0 aliphatic heterocycles. The van der Waals surface area contributed by atoms with E-state index in [0.717, 1.165) is 33.5 Å². The van der Waals surface area contributed by atoms with Crippen molar-refractivity contribution in [3.8, 4) is 22.4 Å². The van der Waals surface area contributed by atoms with E-state index in [2.05, 4.69) is 39.8 Å². The molecule has 3 aromatic carbocycles.